The summed E-state index contributed by atoms with van der Waals surface area (Å²) in [6.45, 7) is 3.44. The minimum absolute atomic E-state index is 0.125. The topological polar surface area (TPSA) is 54.4 Å². The average molecular weight is 360 g/mol. The maximum atomic E-state index is 13.5. The number of thiazole rings is 1. The first-order valence-electron chi connectivity index (χ1n) is 6.26. The SMILES string of the molecule is C/C(=N/NC(=O)Cc1nc(C)cs1)c1c(Cl)ccc(F)c1Cl. The number of nitrogens with zero attached hydrogens (tertiary/aromatic N) is 2. The van der Waals surface area contributed by atoms with Gasteiger partial charge in [0, 0.05) is 16.6 Å². The van der Waals surface area contributed by atoms with Crippen molar-refractivity contribution in [2.24, 2.45) is 5.10 Å². The highest BCUT2D eigenvalue weighted by Crippen LogP contribution is 2.27. The minimum Gasteiger partial charge on any atom is -0.273 e. The predicted molar refractivity (Wildman–Crippen MR) is 87.3 cm³/mol. The number of amides is 1. The Balaban J connectivity index is 2.10. The zero-order chi connectivity index (χ0) is 16.3. The zero-order valence-electron chi connectivity index (χ0n) is 11.8. The van der Waals surface area contributed by atoms with Crippen molar-refractivity contribution in [2.75, 3.05) is 0 Å². The molecule has 0 atom stereocenters. The van der Waals surface area contributed by atoms with Crippen LogP contribution in [0.3, 0.4) is 0 Å². The molecule has 0 aliphatic carbocycles. The summed E-state index contributed by atoms with van der Waals surface area (Å²) in [5.74, 6) is -0.919. The van der Waals surface area contributed by atoms with Crippen molar-refractivity contribution >= 4 is 46.2 Å². The first-order valence-corrected chi connectivity index (χ1v) is 7.90. The molecule has 0 bridgehead atoms. The van der Waals surface area contributed by atoms with Crippen molar-refractivity contribution in [3.63, 3.8) is 0 Å². The number of nitrogens with one attached hydrogen (secondary N) is 1. The van der Waals surface area contributed by atoms with E-state index >= 15 is 0 Å². The summed E-state index contributed by atoms with van der Waals surface area (Å²) in [4.78, 5) is 16.0. The summed E-state index contributed by atoms with van der Waals surface area (Å²) in [6.07, 6.45) is 0.125. The molecule has 0 aliphatic heterocycles. The van der Waals surface area contributed by atoms with E-state index in [4.69, 9.17) is 23.2 Å². The normalized spacial score (nSPS) is 11.6. The van der Waals surface area contributed by atoms with E-state index in [2.05, 4.69) is 15.5 Å². The van der Waals surface area contributed by atoms with Gasteiger partial charge in [0.15, 0.2) is 0 Å². The monoisotopic (exact) mass is 359 g/mol. The number of hydrogen-bond donors (Lipinski definition) is 1. The van der Waals surface area contributed by atoms with Crippen LogP contribution in [0.15, 0.2) is 22.6 Å². The van der Waals surface area contributed by atoms with Crippen molar-refractivity contribution in [3.05, 3.63) is 49.6 Å². The molecular formula is C14H12Cl2FN3OS. The fraction of sp³-hybridized carbons (Fsp3) is 0.214. The van der Waals surface area contributed by atoms with Crippen LogP contribution < -0.4 is 5.43 Å². The fourth-order valence-electron chi connectivity index (χ4n) is 1.72. The number of hydrazone groups is 1. The summed E-state index contributed by atoms with van der Waals surface area (Å²) in [6, 6.07) is 2.56. The van der Waals surface area contributed by atoms with Gasteiger partial charge in [-0.2, -0.15) is 5.10 Å². The Kier molecular flexibility index (Phi) is 5.50. The average Bonchev–Trinajstić information content (AvgIpc) is 2.86. The molecule has 116 valence electrons. The molecule has 1 aromatic carbocycles. The van der Waals surface area contributed by atoms with Crippen LogP contribution in [0.1, 0.15) is 23.2 Å². The van der Waals surface area contributed by atoms with Crippen LogP contribution in [0.5, 0.6) is 0 Å². The molecule has 0 saturated carbocycles. The van der Waals surface area contributed by atoms with E-state index in [0.29, 0.717) is 10.7 Å². The molecule has 1 aromatic heterocycles. The Labute approximate surface area is 141 Å². The number of aryl methyl sites for hydroxylation is 1. The molecule has 2 aromatic rings. The highest BCUT2D eigenvalue weighted by molar-refractivity contribution is 7.09. The van der Waals surface area contributed by atoms with Gasteiger partial charge >= 0.3 is 0 Å². The van der Waals surface area contributed by atoms with Crippen LogP contribution in [0.25, 0.3) is 0 Å². The Morgan fingerprint density at radius 1 is 1.45 bits per heavy atom. The lowest BCUT2D eigenvalue weighted by Crippen LogP contribution is -2.21. The van der Waals surface area contributed by atoms with E-state index in [1.807, 2.05) is 12.3 Å². The fourth-order valence-corrected chi connectivity index (χ4v) is 3.14. The summed E-state index contributed by atoms with van der Waals surface area (Å²) < 4.78 is 13.5. The van der Waals surface area contributed by atoms with Gasteiger partial charge in [-0.15, -0.1) is 11.3 Å². The Morgan fingerprint density at radius 2 is 2.18 bits per heavy atom. The summed E-state index contributed by atoms with van der Waals surface area (Å²) in [5.41, 5.74) is 3.83. The van der Waals surface area contributed by atoms with E-state index in [9.17, 15) is 9.18 Å². The number of halogens is 3. The molecule has 0 saturated heterocycles. The highest BCUT2D eigenvalue weighted by Gasteiger charge is 2.14. The van der Waals surface area contributed by atoms with E-state index in [1.165, 1.54) is 23.5 Å². The van der Waals surface area contributed by atoms with Crippen molar-refractivity contribution in [1.82, 2.24) is 10.4 Å². The molecule has 1 N–H and O–H groups in total. The molecule has 8 heteroatoms. The molecule has 1 amide bonds. The zero-order valence-corrected chi connectivity index (χ0v) is 14.1. The molecular weight excluding hydrogens is 348 g/mol. The smallest absolute Gasteiger partial charge is 0.246 e. The number of rotatable bonds is 4. The van der Waals surface area contributed by atoms with Gasteiger partial charge in [-0.1, -0.05) is 23.2 Å². The van der Waals surface area contributed by atoms with Gasteiger partial charge in [-0.05, 0) is 26.0 Å². The maximum absolute atomic E-state index is 13.5. The first-order chi connectivity index (χ1) is 10.4. The number of aromatic nitrogens is 1. The lowest BCUT2D eigenvalue weighted by atomic mass is 10.1. The van der Waals surface area contributed by atoms with E-state index in [-0.39, 0.29) is 27.9 Å². The second-order valence-corrected chi connectivity index (χ2v) is 6.24. The predicted octanol–water partition coefficient (Wildman–Crippen LogP) is 3.98. The Hall–Kier alpha value is -1.50. The van der Waals surface area contributed by atoms with Gasteiger partial charge in [0.2, 0.25) is 5.91 Å². The van der Waals surface area contributed by atoms with Crippen LogP contribution in [-0.4, -0.2) is 16.6 Å². The van der Waals surface area contributed by atoms with Crippen molar-refractivity contribution in [3.8, 4) is 0 Å². The van der Waals surface area contributed by atoms with Gasteiger partial charge < -0.3 is 0 Å². The van der Waals surface area contributed by atoms with Crippen LogP contribution in [0, 0.1) is 12.7 Å². The Morgan fingerprint density at radius 3 is 2.82 bits per heavy atom. The molecule has 0 unspecified atom stereocenters. The lowest BCUT2D eigenvalue weighted by Gasteiger charge is -2.07. The second kappa shape index (κ2) is 7.17. The quantitative estimate of drug-likeness (QED) is 0.509. The first kappa shape index (κ1) is 16.9. The Bertz CT molecular complexity index is 746. The third-order valence-corrected chi connectivity index (χ3v) is 4.38. The molecule has 0 fully saturated rings. The summed E-state index contributed by atoms with van der Waals surface area (Å²) in [7, 11) is 0. The van der Waals surface area contributed by atoms with Gasteiger partial charge in [0.25, 0.3) is 0 Å². The standard InChI is InChI=1S/C14H12Cl2FN3OS/c1-7-6-22-12(18-7)5-11(21)20-19-8(2)13-9(15)3-4-10(17)14(13)16/h3-4,6H,5H2,1-2H3,(H,20,21)/b19-8-. The third-order valence-electron chi connectivity index (χ3n) is 2.73. The van der Waals surface area contributed by atoms with Crippen LogP contribution >= 0.6 is 34.5 Å². The molecule has 4 nitrogen and oxygen atoms in total. The van der Waals surface area contributed by atoms with Gasteiger partial charge in [-0.3, -0.25) is 4.79 Å². The summed E-state index contributed by atoms with van der Waals surface area (Å²) in [5, 5.41) is 6.62. The second-order valence-electron chi connectivity index (χ2n) is 4.51. The van der Waals surface area contributed by atoms with Crippen LogP contribution in [0.4, 0.5) is 4.39 Å². The van der Waals surface area contributed by atoms with Crippen LogP contribution in [0.2, 0.25) is 10.0 Å². The van der Waals surface area contributed by atoms with Crippen molar-refractivity contribution in [1.29, 1.82) is 0 Å². The summed E-state index contributed by atoms with van der Waals surface area (Å²) >= 11 is 13.3. The third kappa shape index (κ3) is 4.03. The molecule has 22 heavy (non-hydrogen) atoms. The van der Waals surface area contributed by atoms with Crippen molar-refractivity contribution < 1.29 is 9.18 Å². The molecule has 2 rings (SSSR count). The van der Waals surface area contributed by atoms with E-state index < -0.39 is 5.82 Å². The highest BCUT2D eigenvalue weighted by atomic mass is 35.5. The van der Waals surface area contributed by atoms with Gasteiger partial charge in [-0.25, -0.2) is 14.8 Å². The van der Waals surface area contributed by atoms with Crippen LogP contribution in [-0.2, 0) is 11.2 Å². The minimum atomic E-state index is -0.597. The van der Waals surface area contributed by atoms with E-state index in [0.717, 1.165) is 5.69 Å². The van der Waals surface area contributed by atoms with Gasteiger partial charge in [0.1, 0.15) is 10.8 Å². The molecule has 0 aliphatic rings. The largest absolute Gasteiger partial charge is 0.273 e. The molecule has 0 spiro atoms. The number of hydrogen-bond acceptors (Lipinski definition) is 4. The maximum Gasteiger partial charge on any atom is 0.246 e. The lowest BCUT2D eigenvalue weighted by molar-refractivity contribution is -0.120. The van der Waals surface area contributed by atoms with Crippen molar-refractivity contribution in [2.45, 2.75) is 20.3 Å². The number of carbonyl (C=O) groups excluding carboxylic acids is 1. The number of carbonyl (C=O) groups is 1. The van der Waals surface area contributed by atoms with Gasteiger partial charge in [0.05, 0.1) is 22.2 Å². The molecule has 0 radical (unpaired) electrons. The molecule has 1 heterocycles. The van der Waals surface area contributed by atoms with E-state index in [1.54, 1.807) is 6.92 Å². The number of benzene rings is 1.